The van der Waals surface area contributed by atoms with Crippen molar-refractivity contribution >= 4 is 23.5 Å². The maximum atomic E-state index is 14.5. The number of halogens is 1. The van der Waals surface area contributed by atoms with Crippen LogP contribution in [0.4, 0.5) is 10.1 Å². The number of anilines is 1. The van der Waals surface area contributed by atoms with E-state index in [0.29, 0.717) is 37.2 Å². The molecule has 1 saturated heterocycles. The Labute approximate surface area is 134 Å². The van der Waals surface area contributed by atoms with Gasteiger partial charge in [0.05, 0.1) is 12.1 Å². The number of piperidine rings is 1. The minimum atomic E-state index is -0.364. The van der Waals surface area contributed by atoms with Crippen molar-refractivity contribution in [2.45, 2.75) is 38.0 Å². The van der Waals surface area contributed by atoms with Gasteiger partial charge in [-0.3, -0.25) is 9.59 Å². The van der Waals surface area contributed by atoms with Gasteiger partial charge >= 0.3 is 0 Å². The zero-order valence-electron chi connectivity index (χ0n) is 13.0. The Bertz CT molecular complexity index is 635. The van der Waals surface area contributed by atoms with E-state index in [1.807, 2.05) is 4.90 Å². The van der Waals surface area contributed by atoms with Gasteiger partial charge in [-0.25, -0.2) is 4.39 Å². The minimum Gasteiger partial charge on any atom is -0.369 e. The fourth-order valence-corrected chi connectivity index (χ4v) is 3.50. The van der Waals surface area contributed by atoms with Gasteiger partial charge in [-0.1, -0.05) is 6.07 Å². The Balaban J connectivity index is 1.75. The number of carbonyl (C=O) groups is 3. The van der Waals surface area contributed by atoms with Gasteiger partial charge in [-0.05, 0) is 37.0 Å². The lowest BCUT2D eigenvalue weighted by atomic mass is 9.82. The SMILES string of the molecule is O=CC1CCN(c2ccc(C3CCC(=O)CC3=O)cc2F)CC1. The molecule has 1 unspecified atom stereocenters. The van der Waals surface area contributed by atoms with E-state index in [4.69, 9.17) is 0 Å². The average Bonchev–Trinajstić information content (AvgIpc) is 2.55. The number of carbonyl (C=O) groups excluding carboxylic acids is 3. The first-order chi connectivity index (χ1) is 11.1. The Morgan fingerprint density at radius 1 is 1.13 bits per heavy atom. The highest BCUT2D eigenvalue weighted by atomic mass is 19.1. The largest absolute Gasteiger partial charge is 0.369 e. The van der Waals surface area contributed by atoms with E-state index < -0.39 is 0 Å². The molecule has 1 aliphatic carbocycles. The van der Waals surface area contributed by atoms with Gasteiger partial charge in [-0.2, -0.15) is 0 Å². The van der Waals surface area contributed by atoms with Crippen molar-refractivity contribution in [1.29, 1.82) is 0 Å². The molecule has 122 valence electrons. The summed E-state index contributed by atoms with van der Waals surface area (Å²) in [7, 11) is 0. The van der Waals surface area contributed by atoms with Crippen LogP contribution in [0.15, 0.2) is 18.2 Å². The molecule has 1 aromatic carbocycles. The Morgan fingerprint density at radius 3 is 2.48 bits per heavy atom. The molecule has 23 heavy (non-hydrogen) atoms. The molecular weight excluding hydrogens is 297 g/mol. The lowest BCUT2D eigenvalue weighted by Crippen LogP contribution is -2.34. The first kappa shape index (κ1) is 15.8. The lowest BCUT2D eigenvalue weighted by molar-refractivity contribution is -0.130. The van der Waals surface area contributed by atoms with E-state index in [0.717, 1.165) is 19.1 Å². The van der Waals surface area contributed by atoms with Crippen LogP contribution in [-0.2, 0) is 14.4 Å². The quantitative estimate of drug-likeness (QED) is 0.635. The molecule has 1 saturated carbocycles. The molecule has 0 N–H and O–H groups in total. The molecule has 1 aliphatic heterocycles. The third kappa shape index (κ3) is 3.33. The van der Waals surface area contributed by atoms with Crippen molar-refractivity contribution in [1.82, 2.24) is 0 Å². The molecule has 2 fully saturated rings. The number of rotatable bonds is 3. The number of hydrogen-bond acceptors (Lipinski definition) is 4. The second kappa shape index (κ2) is 6.60. The van der Waals surface area contributed by atoms with Crippen molar-refractivity contribution in [2.24, 2.45) is 5.92 Å². The van der Waals surface area contributed by atoms with Gasteiger partial charge in [0.2, 0.25) is 0 Å². The number of nitrogens with zero attached hydrogens (tertiary/aromatic N) is 1. The Hall–Kier alpha value is -2.04. The molecule has 3 rings (SSSR count). The third-order valence-corrected chi connectivity index (χ3v) is 4.92. The van der Waals surface area contributed by atoms with Crippen molar-refractivity contribution in [3.05, 3.63) is 29.6 Å². The maximum Gasteiger partial charge on any atom is 0.147 e. The summed E-state index contributed by atoms with van der Waals surface area (Å²) in [6, 6.07) is 4.94. The van der Waals surface area contributed by atoms with Gasteiger partial charge in [0.15, 0.2) is 0 Å². The predicted octanol–water partition coefficient (Wildman–Crippen LogP) is 2.65. The number of ketones is 2. The number of benzene rings is 1. The first-order valence-corrected chi connectivity index (χ1v) is 8.12. The zero-order valence-corrected chi connectivity index (χ0v) is 13.0. The van der Waals surface area contributed by atoms with E-state index in [2.05, 4.69) is 0 Å². The van der Waals surface area contributed by atoms with E-state index in [1.165, 1.54) is 6.07 Å². The fraction of sp³-hybridized carbons (Fsp3) is 0.500. The van der Waals surface area contributed by atoms with E-state index in [-0.39, 0.29) is 35.6 Å². The van der Waals surface area contributed by atoms with Crippen LogP contribution in [-0.4, -0.2) is 30.9 Å². The Morgan fingerprint density at radius 2 is 1.87 bits per heavy atom. The van der Waals surface area contributed by atoms with Crippen molar-refractivity contribution < 1.29 is 18.8 Å². The highest BCUT2D eigenvalue weighted by Crippen LogP contribution is 2.32. The Kier molecular flexibility index (Phi) is 4.55. The monoisotopic (exact) mass is 317 g/mol. The summed E-state index contributed by atoms with van der Waals surface area (Å²) in [6.45, 7) is 1.33. The second-order valence-electron chi connectivity index (χ2n) is 6.44. The van der Waals surface area contributed by atoms with Crippen molar-refractivity contribution in [3.63, 3.8) is 0 Å². The van der Waals surface area contributed by atoms with Gasteiger partial charge in [-0.15, -0.1) is 0 Å². The van der Waals surface area contributed by atoms with Crippen LogP contribution < -0.4 is 4.90 Å². The summed E-state index contributed by atoms with van der Waals surface area (Å²) in [5.41, 5.74) is 1.18. The number of aldehydes is 1. The maximum absolute atomic E-state index is 14.5. The highest BCUT2D eigenvalue weighted by Gasteiger charge is 2.29. The average molecular weight is 317 g/mol. The number of Topliss-reactive ketones (excluding diaryl/α,β-unsaturated/α-hetero) is 2. The molecule has 2 aliphatic rings. The second-order valence-corrected chi connectivity index (χ2v) is 6.44. The molecular formula is C18H20FNO3. The first-order valence-electron chi connectivity index (χ1n) is 8.12. The van der Waals surface area contributed by atoms with Gasteiger partial charge in [0.1, 0.15) is 23.7 Å². The zero-order chi connectivity index (χ0) is 16.4. The third-order valence-electron chi connectivity index (χ3n) is 4.92. The van der Waals surface area contributed by atoms with E-state index in [9.17, 15) is 18.8 Å². The standard InChI is InChI=1S/C18H20FNO3/c19-16-9-13(15-3-2-14(22)10-18(15)23)1-4-17(16)20-7-5-12(11-21)6-8-20/h1,4,9,11-12,15H,2-3,5-8,10H2. The smallest absolute Gasteiger partial charge is 0.147 e. The summed E-state index contributed by atoms with van der Waals surface area (Å²) in [5.74, 6) is -0.763. The normalized spacial score (nSPS) is 23.2. The summed E-state index contributed by atoms with van der Waals surface area (Å²) in [4.78, 5) is 36.0. The molecule has 0 spiro atoms. The molecule has 1 heterocycles. The van der Waals surface area contributed by atoms with Crippen LogP contribution in [0.25, 0.3) is 0 Å². The predicted molar refractivity (Wildman–Crippen MR) is 84.0 cm³/mol. The van der Waals surface area contributed by atoms with Crippen LogP contribution in [0.2, 0.25) is 0 Å². The van der Waals surface area contributed by atoms with Crippen LogP contribution in [0, 0.1) is 11.7 Å². The van der Waals surface area contributed by atoms with Crippen LogP contribution in [0.1, 0.15) is 43.6 Å². The summed E-state index contributed by atoms with van der Waals surface area (Å²) in [6.07, 6.45) is 3.29. The van der Waals surface area contributed by atoms with Crippen molar-refractivity contribution in [3.8, 4) is 0 Å². The van der Waals surface area contributed by atoms with Crippen LogP contribution in [0.3, 0.4) is 0 Å². The summed E-state index contributed by atoms with van der Waals surface area (Å²) in [5, 5.41) is 0. The molecule has 0 aromatic heterocycles. The van der Waals surface area contributed by atoms with Gasteiger partial charge in [0.25, 0.3) is 0 Å². The molecule has 0 amide bonds. The molecule has 4 nitrogen and oxygen atoms in total. The number of hydrogen-bond donors (Lipinski definition) is 0. The van der Waals surface area contributed by atoms with Crippen LogP contribution >= 0.6 is 0 Å². The molecule has 0 bridgehead atoms. The van der Waals surface area contributed by atoms with Gasteiger partial charge < -0.3 is 9.69 Å². The fourth-order valence-electron chi connectivity index (χ4n) is 3.50. The topological polar surface area (TPSA) is 54.5 Å². The highest BCUT2D eigenvalue weighted by molar-refractivity contribution is 6.04. The summed E-state index contributed by atoms with van der Waals surface area (Å²) < 4.78 is 14.5. The van der Waals surface area contributed by atoms with Crippen molar-refractivity contribution in [2.75, 3.05) is 18.0 Å². The molecule has 1 aromatic rings. The molecule has 5 heteroatoms. The van der Waals surface area contributed by atoms with Gasteiger partial charge in [0, 0.05) is 31.3 Å². The van der Waals surface area contributed by atoms with E-state index >= 15 is 0 Å². The lowest BCUT2D eigenvalue weighted by Gasteiger charge is -2.32. The van der Waals surface area contributed by atoms with E-state index in [1.54, 1.807) is 12.1 Å². The molecule has 0 radical (unpaired) electrons. The minimum absolute atomic E-state index is 0.0265. The summed E-state index contributed by atoms with van der Waals surface area (Å²) >= 11 is 0. The van der Waals surface area contributed by atoms with Crippen LogP contribution in [0.5, 0.6) is 0 Å². The molecule has 1 atom stereocenters.